The first-order valence-corrected chi connectivity index (χ1v) is 6.07. The lowest BCUT2D eigenvalue weighted by molar-refractivity contribution is -0.161. The second-order valence-corrected chi connectivity index (χ2v) is 4.46. The molecule has 0 bridgehead atoms. The van der Waals surface area contributed by atoms with Crippen molar-refractivity contribution in [2.45, 2.75) is 32.2 Å². The molecule has 1 aliphatic rings. The third-order valence-corrected chi connectivity index (χ3v) is 2.31. The Morgan fingerprint density at radius 2 is 1.95 bits per heavy atom. The second kappa shape index (κ2) is 7.42. The Morgan fingerprint density at radius 1 is 1.26 bits per heavy atom. The van der Waals surface area contributed by atoms with Crippen molar-refractivity contribution < 1.29 is 33.3 Å². The molecule has 0 N–H and O–H groups in total. The summed E-state index contributed by atoms with van der Waals surface area (Å²) in [6.45, 7) is 4.58. The molecule has 7 nitrogen and oxygen atoms in total. The average molecular weight is 276 g/mol. The van der Waals surface area contributed by atoms with Gasteiger partial charge in [0, 0.05) is 21.0 Å². The molecule has 0 aliphatic carbocycles. The van der Waals surface area contributed by atoms with Crippen LogP contribution in [0.1, 0.15) is 20.3 Å². The molecule has 0 radical (unpaired) electrons. The highest BCUT2D eigenvalue weighted by atomic mass is 16.8. The monoisotopic (exact) mass is 276 g/mol. The third kappa shape index (κ3) is 6.00. The number of carbonyl (C=O) groups is 2. The summed E-state index contributed by atoms with van der Waals surface area (Å²) in [5.41, 5.74) is 0. The summed E-state index contributed by atoms with van der Waals surface area (Å²) in [5, 5.41) is 0. The zero-order chi connectivity index (χ0) is 14.3. The van der Waals surface area contributed by atoms with Gasteiger partial charge < -0.3 is 23.7 Å². The lowest BCUT2D eigenvalue weighted by atomic mass is 10.2. The molecule has 0 amide bonds. The van der Waals surface area contributed by atoms with Crippen LogP contribution in [0.15, 0.2) is 0 Å². The van der Waals surface area contributed by atoms with E-state index in [0.717, 1.165) is 0 Å². The molecule has 0 aromatic rings. The molecule has 19 heavy (non-hydrogen) atoms. The molecule has 1 aliphatic heterocycles. The van der Waals surface area contributed by atoms with Gasteiger partial charge in [-0.15, -0.1) is 0 Å². The van der Waals surface area contributed by atoms with Crippen LogP contribution in [-0.2, 0) is 33.3 Å². The van der Waals surface area contributed by atoms with Gasteiger partial charge in [-0.25, -0.2) is 4.79 Å². The molecule has 0 unspecified atom stereocenters. The van der Waals surface area contributed by atoms with Crippen LogP contribution in [0, 0.1) is 0 Å². The molecule has 0 aromatic carbocycles. The molecular weight excluding hydrogens is 256 g/mol. The summed E-state index contributed by atoms with van der Waals surface area (Å²) < 4.78 is 25.0. The standard InChI is InChI=1S/C12H20O7/c1-12(2)18-9(11(14)19-12)8-10(13)17-7-6-16-5-4-15-3/h9H,4-8H2,1-3H3/t9-/m0/s1. The average Bonchev–Trinajstić information content (AvgIpc) is 2.56. The van der Waals surface area contributed by atoms with Crippen molar-refractivity contribution in [3.05, 3.63) is 0 Å². The number of cyclic esters (lactones) is 1. The van der Waals surface area contributed by atoms with Gasteiger partial charge in [-0.3, -0.25) is 4.79 Å². The molecule has 1 fully saturated rings. The van der Waals surface area contributed by atoms with E-state index in [-0.39, 0.29) is 19.6 Å². The largest absolute Gasteiger partial charge is 0.463 e. The summed E-state index contributed by atoms with van der Waals surface area (Å²) in [5.74, 6) is -2.04. The number of methoxy groups -OCH3 is 1. The van der Waals surface area contributed by atoms with Gasteiger partial charge in [0.1, 0.15) is 6.61 Å². The van der Waals surface area contributed by atoms with Crippen LogP contribution in [-0.4, -0.2) is 57.4 Å². The minimum Gasteiger partial charge on any atom is -0.463 e. The molecular formula is C12H20O7. The maximum absolute atomic E-state index is 11.5. The molecule has 1 rings (SSSR count). The van der Waals surface area contributed by atoms with E-state index in [9.17, 15) is 9.59 Å². The minimum absolute atomic E-state index is 0.133. The summed E-state index contributed by atoms with van der Waals surface area (Å²) in [6, 6.07) is 0. The molecule has 0 aromatic heterocycles. The van der Waals surface area contributed by atoms with Crippen LogP contribution in [0.5, 0.6) is 0 Å². The normalized spacial score (nSPS) is 21.2. The highest BCUT2D eigenvalue weighted by Crippen LogP contribution is 2.25. The fourth-order valence-electron chi connectivity index (χ4n) is 1.52. The van der Waals surface area contributed by atoms with E-state index in [4.69, 9.17) is 23.7 Å². The topological polar surface area (TPSA) is 80.3 Å². The van der Waals surface area contributed by atoms with Crippen LogP contribution in [0.3, 0.4) is 0 Å². The number of ether oxygens (including phenoxy) is 5. The van der Waals surface area contributed by atoms with Crippen molar-refractivity contribution >= 4 is 11.9 Å². The summed E-state index contributed by atoms with van der Waals surface area (Å²) in [6.07, 6.45) is -1.04. The maximum Gasteiger partial charge on any atom is 0.338 e. The fourth-order valence-corrected chi connectivity index (χ4v) is 1.52. The van der Waals surface area contributed by atoms with Gasteiger partial charge >= 0.3 is 11.9 Å². The third-order valence-electron chi connectivity index (χ3n) is 2.31. The van der Waals surface area contributed by atoms with Crippen molar-refractivity contribution in [2.75, 3.05) is 33.5 Å². The minimum atomic E-state index is -0.981. The fraction of sp³-hybridized carbons (Fsp3) is 0.833. The van der Waals surface area contributed by atoms with Crippen LogP contribution in [0.2, 0.25) is 0 Å². The Morgan fingerprint density at radius 3 is 2.53 bits per heavy atom. The van der Waals surface area contributed by atoms with Crippen molar-refractivity contribution in [1.29, 1.82) is 0 Å². The maximum atomic E-state index is 11.5. The molecule has 0 spiro atoms. The van der Waals surface area contributed by atoms with Gasteiger partial charge in [-0.1, -0.05) is 0 Å². The number of hydrogen-bond donors (Lipinski definition) is 0. The predicted molar refractivity (Wildman–Crippen MR) is 63.3 cm³/mol. The molecule has 110 valence electrons. The lowest BCUT2D eigenvalue weighted by Crippen LogP contribution is -2.24. The molecule has 1 saturated heterocycles. The predicted octanol–water partition coefficient (Wildman–Crippen LogP) is 0.261. The Hall–Kier alpha value is -1.18. The van der Waals surface area contributed by atoms with Crippen molar-refractivity contribution in [3.63, 3.8) is 0 Å². The first kappa shape index (κ1) is 15.9. The van der Waals surface area contributed by atoms with Gasteiger partial charge in [-0.2, -0.15) is 0 Å². The number of esters is 2. The van der Waals surface area contributed by atoms with E-state index in [1.165, 1.54) is 0 Å². The second-order valence-electron chi connectivity index (χ2n) is 4.46. The van der Waals surface area contributed by atoms with E-state index in [2.05, 4.69) is 0 Å². The Balaban J connectivity index is 2.13. The SMILES string of the molecule is COCCOCCOC(=O)C[C@@H]1OC(C)(C)OC1=O. The molecule has 0 saturated carbocycles. The molecule has 1 atom stereocenters. The van der Waals surface area contributed by atoms with E-state index < -0.39 is 23.8 Å². The number of hydrogen-bond acceptors (Lipinski definition) is 7. The van der Waals surface area contributed by atoms with Crippen LogP contribution in [0.25, 0.3) is 0 Å². The van der Waals surface area contributed by atoms with E-state index in [1.54, 1.807) is 21.0 Å². The van der Waals surface area contributed by atoms with Gasteiger partial charge in [0.05, 0.1) is 26.2 Å². The van der Waals surface area contributed by atoms with Gasteiger partial charge in [0.15, 0.2) is 6.10 Å². The van der Waals surface area contributed by atoms with Crippen molar-refractivity contribution in [2.24, 2.45) is 0 Å². The first-order chi connectivity index (χ1) is 8.94. The number of carbonyl (C=O) groups excluding carboxylic acids is 2. The summed E-state index contributed by atoms with van der Waals surface area (Å²) in [4.78, 5) is 22.8. The van der Waals surface area contributed by atoms with E-state index in [0.29, 0.717) is 13.2 Å². The summed E-state index contributed by atoms with van der Waals surface area (Å²) in [7, 11) is 1.57. The van der Waals surface area contributed by atoms with Crippen molar-refractivity contribution in [3.8, 4) is 0 Å². The summed E-state index contributed by atoms with van der Waals surface area (Å²) >= 11 is 0. The molecule has 1 heterocycles. The Bertz CT molecular complexity index is 313. The Kier molecular flexibility index (Phi) is 6.20. The lowest BCUT2D eigenvalue weighted by Gasteiger charge is -2.14. The first-order valence-electron chi connectivity index (χ1n) is 6.07. The number of rotatable bonds is 8. The highest BCUT2D eigenvalue weighted by molar-refractivity contribution is 5.83. The van der Waals surface area contributed by atoms with Gasteiger partial charge in [0.2, 0.25) is 5.79 Å². The zero-order valence-corrected chi connectivity index (χ0v) is 11.5. The smallest absolute Gasteiger partial charge is 0.338 e. The molecule has 7 heteroatoms. The highest BCUT2D eigenvalue weighted by Gasteiger charge is 2.42. The van der Waals surface area contributed by atoms with Gasteiger partial charge in [-0.05, 0) is 0 Å². The van der Waals surface area contributed by atoms with E-state index in [1.807, 2.05) is 0 Å². The van der Waals surface area contributed by atoms with Crippen molar-refractivity contribution in [1.82, 2.24) is 0 Å². The van der Waals surface area contributed by atoms with Gasteiger partial charge in [0.25, 0.3) is 0 Å². The van der Waals surface area contributed by atoms with Crippen LogP contribution >= 0.6 is 0 Å². The zero-order valence-electron chi connectivity index (χ0n) is 11.5. The van der Waals surface area contributed by atoms with Crippen LogP contribution in [0.4, 0.5) is 0 Å². The van der Waals surface area contributed by atoms with E-state index >= 15 is 0 Å². The van der Waals surface area contributed by atoms with Crippen LogP contribution < -0.4 is 0 Å². The quantitative estimate of drug-likeness (QED) is 0.464. The Labute approximate surface area is 112 Å².